The van der Waals surface area contributed by atoms with Crippen LogP contribution in [0.3, 0.4) is 0 Å². The van der Waals surface area contributed by atoms with Crippen LogP contribution in [0.5, 0.6) is 0 Å². The molecule has 2 aromatic rings. The minimum absolute atomic E-state index is 0.0910. The van der Waals surface area contributed by atoms with Gasteiger partial charge in [0.2, 0.25) is 11.2 Å². The summed E-state index contributed by atoms with van der Waals surface area (Å²) in [5, 5.41) is 1.19. The largest absolute Gasteiger partial charge is 0.396 e. The van der Waals surface area contributed by atoms with Gasteiger partial charge < -0.3 is 15.2 Å². The van der Waals surface area contributed by atoms with Crippen molar-refractivity contribution in [2.75, 3.05) is 18.8 Å². The third-order valence-corrected chi connectivity index (χ3v) is 6.90. The highest BCUT2D eigenvalue weighted by atomic mass is 35.5. The molecule has 3 rings (SSSR count). The standard InChI is InChI=1S/C19H24Cl3N5OS/c1-12-2-6-26(7-3-12)18(28)16(4-8-27-9-5-24-19(27)22)25-29-13-10-14(20)17(23)15(21)11-13/h5,9-12,16,25H,2-4,6-8,23H2,1H3. The van der Waals surface area contributed by atoms with Gasteiger partial charge in [-0.15, -0.1) is 0 Å². The number of nitrogens with two attached hydrogens (primary N) is 1. The zero-order valence-electron chi connectivity index (χ0n) is 16.1. The van der Waals surface area contributed by atoms with Crippen molar-refractivity contribution in [2.45, 2.75) is 43.7 Å². The molecule has 1 aliphatic heterocycles. The molecule has 2 heterocycles. The fourth-order valence-electron chi connectivity index (χ4n) is 3.19. The number of hydrogen-bond donors (Lipinski definition) is 2. The Morgan fingerprint density at radius 3 is 2.55 bits per heavy atom. The number of aromatic nitrogens is 2. The molecule has 1 atom stereocenters. The average molecular weight is 477 g/mol. The molecule has 1 amide bonds. The number of aryl methyl sites for hydroxylation is 1. The van der Waals surface area contributed by atoms with Crippen LogP contribution < -0.4 is 10.5 Å². The summed E-state index contributed by atoms with van der Waals surface area (Å²) >= 11 is 19.7. The van der Waals surface area contributed by atoms with Crippen molar-refractivity contribution in [3.63, 3.8) is 0 Å². The zero-order valence-corrected chi connectivity index (χ0v) is 19.2. The number of imidazole rings is 1. The van der Waals surface area contributed by atoms with Crippen molar-refractivity contribution >= 4 is 58.3 Å². The second kappa shape index (κ2) is 10.3. The van der Waals surface area contributed by atoms with E-state index in [4.69, 9.17) is 40.5 Å². The number of nitrogens with zero attached hydrogens (tertiary/aromatic N) is 3. The van der Waals surface area contributed by atoms with Gasteiger partial charge in [-0.25, -0.2) is 9.71 Å². The van der Waals surface area contributed by atoms with Crippen LogP contribution in [0.15, 0.2) is 29.4 Å². The lowest BCUT2D eigenvalue weighted by molar-refractivity contribution is -0.134. The predicted octanol–water partition coefficient (Wildman–Crippen LogP) is 4.74. The van der Waals surface area contributed by atoms with Crippen molar-refractivity contribution in [3.05, 3.63) is 39.9 Å². The first-order valence-electron chi connectivity index (χ1n) is 9.47. The summed E-state index contributed by atoms with van der Waals surface area (Å²) in [7, 11) is 0. The van der Waals surface area contributed by atoms with Crippen molar-refractivity contribution in [1.29, 1.82) is 0 Å². The number of hydrogen-bond acceptors (Lipinski definition) is 5. The van der Waals surface area contributed by atoms with E-state index in [0.717, 1.165) is 30.8 Å². The highest BCUT2D eigenvalue weighted by Gasteiger charge is 2.27. The van der Waals surface area contributed by atoms with Crippen molar-refractivity contribution in [1.82, 2.24) is 19.2 Å². The molecule has 158 valence electrons. The van der Waals surface area contributed by atoms with Gasteiger partial charge in [-0.3, -0.25) is 4.79 Å². The van der Waals surface area contributed by atoms with Gasteiger partial charge in [0.25, 0.3) is 0 Å². The van der Waals surface area contributed by atoms with E-state index in [-0.39, 0.29) is 11.9 Å². The van der Waals surface area contributed by atoms with E-state index in [2.05, 4.69) is 16.6 Å². The number of carbonyl (C=O) groups excluding carboxylic acids is 1. The first-order valence-corrected chi connectivity index (χ1v) is 11.4. The maximum Gasteiger partial charge on any atom is 0.240 e. The van der Waals surface area contributed by atoms with Crippen molar-refractivity contribution in [2.24, 2.45) is 5.92 Å². The van der Waals surface area contributed by atoms with Crippen LogP contribution in [0.25, 0.3) is 0 Å². The van der Waals surface area contributed by atoms with E-state index >= 15 is 0 Å². The Balaban J connectivity index is 1.69. The summed E-state index contributed by atoms with van der Waals surface area (Å²) in [4.78, 5) is 19.9. The molecular weight excluding hydrogens is 453 g/mol. The summed E-state index contributed by atoms with van der Waals surface area (Å²) in [5.74, 6) is 0.747. The van der Waals surface area contributed by atoms with E-state index in [9.17, 15) is 4.79 Å². The van der Waals surface area contributed by atoms with Crippen LogP contribution in [0.2, 0.25) is 15.3 Å². The van der Waals surface area contributed by atoms with Crippen LogP contribution >= 0.6 is 46.8 Å². The van der Waals surface area contributed by atoms with Gasteiger partial charge in [0.15, 0.2) is 0 Å². The van der Waals surface area contributed by atoms with Crippen LogP contribution in [0.4, 0.5) is 5.69 Å². The lowest BCUT2D eigenvalue weighted by Crippen LogP contribution is -2.47. The number of likely N-dealkylation sites (tertiary alicyclic amines) is 1. The minimum atomic E-state index is -0.387. The summed E-state index contributed by atoms with van der Waals surface area (Å²) < 4.78 is 5.11. The van der Waals surface area contributed by atoms with Crippen molar-refractivity contribution < 1.29 is 4.79 Å². The Morgan fingerprint density at radius 1 is 1.31 bits per heavy atom. The number of carbonyl (C=O) groups is 1. The lowest BCUT2D eigenvalue weighted by atomic mass is 9.98. The Bertz CT molecular complexity index is 831. The Morgan fingerprint density at radius 2 is 1.97 bits per heavy atom. The number of amides is 1. The molecule has 1 aromatic heterocycles. The summed E-state index contributed by atoms with van der Waals surface area (Å²) in [5.41, 5.74) is 6.15. The molecule has 1 aliphatic rings. The summed E-state index contributed by atoms with van der Waals surface area (Å²) in [6, 6.07) is 3.08. The zero-order chi connectivity index (χ0) is 21.0. The molecule has 0 saturated carbocycles. The SMILES string of the molecule is CC1CCN(C(=O)C(CCn2ccnc2Cl)NSc2cc(Cl)c(N)c(Cl)c2)CC1. The van der Waals surface area contributed by atoms with Crippen LogP contribution in [0.1, 0.15) is 26.2 Å². The molecule has 0 aliphatic carbocycles. The van der Waals surface area contributed by atoms with Gasteiger partial charge in [-0.2, -0.15) is 0 Å². The van der Waals surface area contributed by atoms with Gasteiger partial charge in [-0.05, 0) is 60.9 Å². The van der Waals surface area contributed by atoms with E-state index < -0.39 is 0 Å². The number of rotatable bonds is 7. The average Bonchev–Trinajstić information content (AvgIpc) is 3.11. The van der Waals surface area contributed by atoms with E-state index in [1.807, 2.05) is 9.47 Å². The van der Waals surface area contributed by atoms with E-state index in [1.165, 1.54) is 11.9 Å². The van der Waals surface area contributed by atoms with Crippen LogP contribution in [-0.4, -0.2) is 39.5 Å². The third-order valence-electron chi connectivity index (χ3n) is 5.09. The summed E-state index contributed by atoms with van der Waals surface area (Å²) in [6.07, 6.45) is 6.08. The first kappa shape index (κ1) is 22.6. The summed E-state index contributed by atoms with van der Waals surface area (Å²) in [6.45, 7) is 4.38. The second-order valence-electron chi connectivity index (χ2n) is 7.26. The monoisotopic (exact) mass is 475 g/mol. The fraction of sp³-hybridized carbons (Fsp3) is 0.474. The van der Waals surface area contributed by atoms with Gasteiger partial charge >= 0.3 is 0 Å². The number of nitrogen functional groups attached to an aromatic ring is 1. The van der Waals surface area contributed by atoms with Crippen LogP contribution in [0, 0.1) is 5.92 Å². The molecule has 0 bridgehead atoms. The molecule has 1 fully saturated rings. The quantitative estimate of drug-likeness (QED) is 0.446. The molecule has 3 N–H and O–H groups in total. The predicted molar refractivity (Wildman–Crippen MR) is 120 cm³/mol. The second-order valence-corrected chi connectivity index (χ2v) is 9.32. The minimum Gasteiger partial charge on any atom is -0.396 e. The molecule has 1 saturated heterocycles. The van der Waals surface area contributed by atoms with Crippen molar-refractivity contribution in [3.8, 4) is 0 Å². The molecule has 29 heavy (non-hydrogen) atoms. The van der Waals surface area contributed by atoms with Gasteiger partial charge in [0.05, 0.1) is 21.8 Å². The molecule has 1 aromatic carbocycles. The van der Waals surface area contributed by atoms with E-state index in [0.29, 0.717) is 39.9 Å². The highest BCUT2D eigenvalue weighted by molar-refractivity contribution is 7.97. The highest BCUT2D eigenvalue weighted by Crippen LogP contribution is 2.32. The normalized spacial score (nSPS) is 16.2. The van der Waals surface area contributed by atoms with Gasteiger partial charge in [0.1, 0.15) is 0 Å². The Labute approximate surface area is 190 Å². The van der Waals surface area contributed by atoms with Gasteiger partial charge in [-0.1, -0.05) is 30.1 Å². The Hall–Kier alpha value is -1.12. The molecular formula is C19H24Cl3N5OS. The maximum absolute atomic E-state index is 13.2. The third kappa shape index (κ3) is 5.95. The van der Waals surface area contributed by atoms with Crippen LogP contribution in [-0.2, 0) is 11.3 Å². The topological polar surface area (TPSA) is 76.2 Å². The molecule has 10 heteroatoms. The smallest absolute Gasteiger partial charge is 0.240 e. The Kier molecular flexibility index (Phi) is 7.99. The fourth-order valence-corrected chi connectivity index (χ4v) is 4.85. The number of halogens is 3. The number of piperidine rings is 1. The van der Waals surface area contributed by atoms with E-state index in [1.54, 1.807) is 24.5 Å². The number of nitrogens with one attached hydrogen (secondary N) is 1. The molecule has 0 spiro atoms. The molecule has 6 nitrogen and oxygen atoms in total. The van der Waals surface area contributed by atoms with Gasteiger partial charge in [0, 0.05) is 36.9 Å². The molecule has 1 unspecified atom stereocenters. The molecule has 0 radical (unpaired) electrons. The maximum atomic E-state index is 13.2. The first-order chi connectivity index (χ1) is 13.8. The number of benzene rings is 1. The number of anilines is 1. The lowest BCUT2D eigenvalue weighted by Gasteiger charge is -2.33.